The molecule has 0 atom stereocenters. The van der Waals surface area contributed by atoms with Crippen LogP contribution in [0.25, 0.3) is 5.69 Å². The van der Waals surface area contributed by atoms with Gasteiger partial charge in [-0.25, -0.2) is 4.68 Å². The number of hydrogen-bond acceptors (Lipinski definition) is 3. The summed E-state index contributed by atoms with van der Waals surface area (Å²) in [6.45, 7) is 0. The highest BCUT2D eigenvalue weighted by molar-refractivity contribution is 5.50. The SMILES string of the molecule is Nc1cccc(-n2nccc2N)c1. The number of aromatic nitrogens is 2. The van der Waals surface area contributed by atoms with E-state index in [1.54, 1.807) is 16.9 Å². The molecule has 0 saturated carbocycles. The number of nitrogen functional groups attached to an aromatic ring is 2. The van der Waals surface area contributed by atoms with E-state index in [1.165, 1.54) is 0 Å². The van der Waals surface area contributed by atoms with Crippen molar-refractivity contribution in [3.8, 4) is 5.69 Å². The largest absolute Gasteiger partial charge is 0.399 e. The van der Waals surface area contributed by atoms with Crippen LogP contribution in [0.2, 0.25) is 0 Å². The maximum atomic E-state index is 5.68. The average Bonchev–Trinajstić information content (AvgIpc) is 2.51. The molecule has 0 unspecified atom stereocenters. The van der Waals surface area contributed by atoms with Crippen LogP contribution in [-0.4, -0.2) is 9.78 Å². The predicted octanol–water partition coefficient (Wildman–Crippen LogP) is 1.04. The lowest BCUT2D eigenvalue weighted by atomic mass is 10.3. The Bertz CT molecular complexity index is 419. The Morgan fingerprint density at radius 2 is 2.00 bits per heavy atom. The van der Waals surface area contributed by atoms with Crippen LogP contribution < -0.4 is 11.5 Å². The molecular formula is C9H10N4. The van der Waals surface area contributed by atoms with Gasteiger partial charge in [0.2, 0.25) is 0 Å². The van der Waals surface area contributed by atoms with E-state index in [2.05, 4.69) is 5.10 Å². The third-order valence-electron chi connectivity index (χ3n) is 1.79. The minimum Gasteiger partial charge on any atom is -0.399 e. The van der Waals surface area contributed by atoms with Gasteiger partial charge in [-0.3, -0.25) is 0 Å². The molecule has 0 saturated heterocycles. The van der Waals surface area contributed by atoms with Crippen molar-refractivity contribution in [2.24, 2.45) is 0 Å². The van der Waals surface area contributed by atoms with Gasteiger partial charge in [0.05, 0.1) is 11.9 Å². The Labute approximate surface area is 75.8 Å². The van der Waals surface area contributed by atoms with E-state index in [9.17, 15) is 0 Å². The second kappa shape index (κ2) is 2.82. The maximum Gasteiger partial charge on any atom is 0.127 e. The third-order valence-corrected chi connectivity index (χ3v) is 1.79. The highest BCUT2D eigenvalue weighted by Gasteiger charge is 2.00. The zero-order valence-electron chi connectivity index (χ0n) is 7.01. The van der Waals surface area contributed by atoms with Crippen molar-refractivity contribution in [3.05, 3.63) is 36.5 Å². The number of anilines is 2. The summed E-state index contributed by atoms with van der Waals surface area (Å²) >= 11 is 0. The normalized spacial score (nSPS) is 10.2. The molecule has 0 amide bonds. The molecule has 66 valence electrons. The Kier molecular flexibility index (Phi) is 1.66. The fourth-order valence-electron chi connectivity index (χ4n) is 1.19. The molecule has 1 aromatic carbocycles. The van der Waals surface area contributed by atoms with Gasteiger partial charge in [-0.2, -0.15) is 5.10 Å². The first kappa shape index (κ1) is 7.67. The van der Waals surface area contributed by atoms with Gasteiger partial charge in [-0.05, 0) is 18.2 Å². The summed E-state index contributed by atoms with van der Waals surface area (Å²) in [6.07, 6.45) is 1.65. The Morgan fingerprint density at radius 1 is 1.15 bits per heavy atom. The monoisotopic (exact) mass is 174 g/mol. The van der Waals surface area contributed by atoms with E-state index in [0.29, 0.717) is 11.5 Å². The fraction of sp³-hybridized carbons (Fsp3) is 0. The summed E-state index contributed by atoms with van der Waals surface area (Å²) < 4.78 is 1.64. The van der Waals surface area contributed by atoms with Crippen molar-refractivity contribution < 1.29 is 0 Å². The van der Waals surface area contributed by atoms with Gasteiger partial charge >= 0.3 is 0 Å². The summed E-state index contributed by atoms with van der Waals surface area (Å²) in [5, 5.41) is 4.06. The van der Waals surface area contributed by atoms with Crippen molar-refractivity contribution in [2.75, 3.05) is 11.5 Å². The lowest BCUT2D eigenvalue weighted by molar-refractivity contribution is 0.892. The van der Waals surface area contributed by atoms with E-state index in [0.717, 1.165) is 5.69 Å². The quantitative estimate of drug-likeness (QED) is 0.634. The van der Waals surface area contributed by atoms with E-state index in [1.807, 2.05) is 24.3 Å². The summed E-state index contributed by atoms with van der Waals surface area (Å²) in [4.78, 5) is 0. The maximum absolute atomic E-state index is 5.68. The molecule has 0 fully saturated rings. The van der Waals surface area contributed by atoms with Gasteiger partial charge in [-0.15, -0.1) is 0 Å². The van der Waals surface area contributed by atoms with Crippen LogP contribution >= 0.6 is 0 Å². The Hall–Kier alpha value is -1.97. The molecule has 1 heterocycles. The molecule has 0 bridgehead atoms. The topological polar surface area (TPSA) is 69.9 Å². The zero-order valence-corrected chi connectivity index (χ0v) is 7.01. The second-order valence-electron chi connectivity index (χ2n) is 2.76. The molecule has 2 rings (SSSR count). The van der Waals surface area contributed by atoms with E-state index >= 15 is 0 Å². The number of hydrogen-bond donors (Lipinski definition) is 2. The number of nitrogens with zero attached hydrogens (tertiary/aromatic N) is 2. The average molecular weight is 174 g/mol. The van der Waals surface area contributed by atoms with Crippen molar-refractivity contribution >= 4 is 11.5 Å². The third kappa shape index (κ3) is 1.33. The van der Waals surface area contributed by atoms with Crippen molar-refractivity contribution in [1.82, 2.24) is 9.78 Å². The predicted molar refractivity (Wildman–Crippen MR) is 52.4 cm³/mol. The Balaban J connectivity index is 2.53. The molecule has 0 radical (unpaired) electrons. The summed E-state index contributed by atoms with van der Waals surface area (Å²) in [5.74, 6) is 0.602. The van der Waals surface area contributed by atoms with Crippen LogP contribution in [0, 0.1) is 0 Å². The molecular weight excluding hydrogens is 164 g/mol. The zero-order chi connectivity index (χ0) is 9.26. The Morgan fingerprint density at radius 3 is 2.62 bits per heavy atom. The fourth-order valence-corrected chi connectivity index (χ4v) is 1.19. The lowest BCUT2D eigenvalue weighted by Crippen LogP contribution is -2.01. The van der Waals surface area contributed by atoms with Gasteiger partial charge in [0.15, 0.2) is 0 Å². The summed E-state index contributed by atoms with van der Waals surface area (Å²) in [5.41, 5.74) is 12.9. The first-order valence-corrected chi connectivity index (χ1v) is 3.93. The number of rotatable bonds is 1. The van der Waals surface area contributed by atoms with Crippen LogP contribution in [0.4, 0.5) is 11.5 Å². The molecule has 4 nitrogen and oxygen atoms in total. The molecule has 1 aromatic heterocycles. The van der Waals surface area contributed by atoms with Crippen LogP contribution in [0.1, 0.15) is 0 Å². The van der Waals surface area contributed by atoms with Crippen molar-refractivity contribution in [2.45, 2.75) is 0 Å². The van der Waals surface area contributed by atoms with Gasteiger partial charge < -0.3 is 11.5 Å². The van der Waals surface area contributed by atoms with E-state index in [4.69, 9.17) is 11.5 Å². The molecule has 4 N–H and O–H groups in total. The number of nitrogens with two attached hydrogens (primary N) is 2. The highest BCUT2D eigenvalue weighted by atomic mass is 15.3. The first-order chi connectivity index (χ1) is 6.27. The smallest absolute Gasteiger partial charge is 0.127 e. The van der Waals surface area contributed by atoms with Crippen molar-refractivity contribution in [1.29, 1.82) is 0 Å². The minimum absolute atomic E-state index is 0.602. The molecule has 13 heavy (non-hydrogen) atoms. The lowest BCUT2D eigenvalue weighted by Gasteiger charge is -2.03. The molecule has 0 aliphatic rings. The van der Waals surface area contributed by atoms with Gasteiger partial charge in [-0.1, -0.05) is 6.07 Å². The standard InChI is InChI=1S/C9H10N4/c10-7-2-1-3-8(6-7)13-9(11)4-5-12-13/h1-6H,10-11H2. The molecule has 0 aliphatic carbocycles. The molecule has 0 spiro atoms. The van der Waals surface area contributed by atoms with Gasteiger partial charge in [0.25, 0.3) is 0 Å². The van der Waals surface area contributed by atoms with E-state index < -0.39 is 0 Å². The molecule has 4 heteroatoms. The highest BCUT2D eigenvalue weighted by Crippen LogP contribution is 2.14. The van der Waals surface area contributed by atoms with Crippen molar-refractivity contribution in [3.63, 3.8) is 0 Å². The number of benzene rings is 1. The molecule has 2 aromatic rings. The van der Waals surface area contributed by atoms with Gasteiger partial charge in [0, 0.05) is 11.8 Å². The second-order valence-corrected chi connectivity index (χ2v) is 2.76. The van der Waals surface area contributed by atoms with Crippen LogP contribution in [-0.2, 0) is 0 Å². The van der Waals surface area contributed by atoms with E-state index in [-0.39, 0.29) is 0 Å². The summed E-state index contributed by atoms with van der Waals surface area (Å²) in [6, 6.07) is 9.15. The summed E-state index contributed by atoms with van der Waals surface area (Å²) in [7, 11) is 0. The first-order valence-electron chi connectivity index (χ1n) is 3.93. The van der Waals surface area contributed by atoms with Crippen LogP contribution in [0.5, 0.6) is 0 Å². The molecule has 0 aliphatic heterocycles. The van der Waals surface area contributed by atoms with Crippen LogP contribution in [0.15, 0.2) is 36.5 Å². The van der Waals surface area contributed by atoms with Crippen LogP contribution in [0.3, 0.4) is 0 Å². The van der Waals surface area contributed by atoms with Gasteiger partial charge in [0.1, 0.15) is 5.82 Å². The minimum atomic E-state index is 0.602.